The van der Waals surface area contributed by atoms with Crippen molar-refractivity contribution in [3.8, 4) is 0 Å². The summed E-state index contributed by atoms with van der Waals surface area (Å²) in [7, 11) is 0. The van der Waals surface area contributed by atoms with Crippen LogP contribution in [0.25, 0.3) is 0 Å². The Kier molecular flexibility index (Phi) is 2.66. The molecular weight excluding hydrogens is 251 g/mol. The van der Waals surface area contributed by atoms with Crippen molar-refractivity contribution in [2.45, 2.75) is 23.6 Å². The van der Waals surface area contributed by atoms with Crippen LogP contribution in [0.3, 0.4) is 0 Å². The Balaban J connectivity index is 2.21. The normalized spacial score (nSPS) is 21.5. The molecule has 0 N–H and O–H groups in total. The van der Waals surface area contributed by atoms with Crippen LogP contribution in [-0.4, -0.2) is 26.0 Å². The zero-order chi connectivity index (χ0) is 8.60. The molecule has 2 heterocycles. The molecule has 1 aliphatic heterocycles. The fraction of sp³-hybridized carbons (Fsp3) is 0.556. The predicted molar refractivity (Wildman–Crippen MR) is 58.6 cm³/mol. The topological polar surface area (TPSA) is 0 Å². The summed E-state index contributed by atoms with van der Waals surface area (Å²) in [4.78, 5) is 7.96. The SMILES string of the molecule is CC1(C)CSc2c[se]cc2SC1. The quantitative estimate of drug-likeness (QED) is 0.660. The molecule has 0 unspecified atom stereocenters. The third-order valence-electron chi connectivity index (χ3n) is 1.83. The van der Waals surface area contributed by atoms with Crippen molar-refractivity contribution < 1.29 is 0 Å². The van der Waals surface area contributed by atoms with Gasteiger partial charge in [0.1, 0.15) is 0 Å². The molecule has 0 fully saturated rings. The van der Waals surface area contributed by atoms with Crippen LogP contribution in [0.15, 0.2) is 19.7 Å². The van der Waals surface area contributed by atoms with E-state index in [0.717, 1.165) is 0 Å². The Hall–Kier alpha value is 0.699. The summed E-state index contributed by atoms with van der Waals surface area (Å²) in [5, 5.41) is 0. The van der Waals surface area contributed by atoms with E-state index in [0.29, 0.717) is 19.9 Å². The van der Waals surface area contributed by atoms with Gasteiger partial charge in [0.2, 0.25) is 0 Å². The summed E-state index contributed by atoms with van der Waals surface area (Å²) < 4.78 is 0. The molecule has 0 saturated carbocycles. The van der Waals surface area contributed by atoms with Gasteiger partial charge in [0, 0.05) is 0 Å². The monoisotopic (exact) mass is 264 g/mol. The average Bonchev–Trinajstić information content (AvgIpc) is 2.40. The first-order valence-electron chi connectivity index (χ1n) is 3.99. The minimum atomic E-state index is 0.508. The van der Waals surface area contributed by atoms with E-state index < -0.39 is 0 Å². The molecule has 0 bridgehead atoms. The van der Waals surface area contributed by atoms with Gasteiger partial charge in [0.05, 0.1) is 0 Å². The van der Waals surface area contributed by atoms with Gasteiger partial charge in [-0.1, -0.05) is 0 Å². The summed E-state index contributed by atoms with van der Waals surface area (Å²) in [5.74, 6) is 2.55. The van der Waals surface area contributed by atoms with Crippen molar-refractivity contribution >= 4 is 38.0 Å². The average molecular weight is 263 g/mol. The third kappa shape index (κ3) is 1.95. The fourth-order valence-corrected chi connectivity index (χ4v) is 6.35. The molecule has 0 radical (unpaired) electrons. The van der Waals surface area contributed by atoms with Gasteiger partial charge in [-0.3, -0.25) is 0 Å². The van der Waals surface area contributed by atoms with Crippen LogP contribution in [0.5, 0.6) is 0 Å². The molecule has 0 nitrogen and oxygen atoms in total. The number of fused-ring (bicyclic) bond motifs is 1. The number of thioether (sulfide) groups is 2. The predicted octanol–water partition coefficient (Wildman–Crippen LogP) is 2.97. The van der Waals surface area contributed by atoms with Crippen molar-refractivity contribution in [2.24, 2.45) is 5.41 Å². The zero-order valence-corrected chi connectivity index (χ0v) is 10.6. The van der Waals surface area contributed by atoms with E-state index in [1.807, 2.05) is 23.5 Å². The molecular formula is C9H12S2Se. The van der Waals surface area contributed by atoms with Crippen molar-refractivity contribution in [1.29, 1.82) is 0 Å². The number of rotatable bonds is 0. The van der Waals surface area contributed by atoms with Gasteiger partial charge in [0.15, 0.2) is 0 Å². The van der Waals surface area contributed by atoms with Crippen LogP contribution in [0, 0.1) is 5.41 Å². The minimum absolute atomic E-state index is 0.508. The van der Waals surface area contributed by atoms with E-state index in [-0.39, 0.29) is 0 Å². The summed E-state index contributed by atoms with van der Waals surface area (Å²) >= 11 is 4.76. The molecule has 1 aromatic heterocycles. The van der Waals surface area contributed by atoms with Gasteiger partial charge in [-0.2, -0.15) is 0 Å². The summed E-state index contributed by atoms with van der Waals surface area (Å²) in [5.41, 5.74) is 0.508. The van der Waals surface area contributed by atoms with E-state index in [9.17, 15) is 0 Å². The standard InChI is InChI=1S/C9H12S2Se/c1-9(2)5-10-7-3-12-4-8(7)11-6-9/h3-4H,5-6H2,1-2H3. The molecule has 0 aliphatic carbocycles. The Bertz CT molecular complexity index is 253. The Morgan fingerprint density at radius 3 is 2.17 bits per heavy atom. The first-order valence-corrected chi connectivity index (χ1v) is 7.94. The molecule has 1 aromatic rings. The van der Waals surface area contributed by atoms with Crippen LogP contribution in [0.2, 0.25) is 0 Å². The molecule has 0 aromatic carbocycles. The Morgan fingerprint density at radius 2 is 1.67 bits per heavy atom. The second-order valence-electron chi connectivity index (χ2n) is 3.84. The van der Waals surface area contributed by atoms with Crippen molar-refractivity contribution in [1.82, 2.24) is 0 Å². The van der Waals surface area contributed by atoms with Crippen molar-refractivity contribution in [3.63, 3.8) is 0 Å². The number of hydrogen-bond donors (Lipinski definition) is 0. The Morgan fingerprint density at radius 1 is 1.17 bits per heavy atom. The second kappa shape index (κ2) is 3.45. The third-order valence-corrected chi connectivity index (χ3v) is 7.34. The van der Waals surface area contributed by atoms with E-state index >= 15 is 0 Å². The summed E-state index contributed by atoms with van der Waals surface area (Å²) in [6.07, 6.45) is 0. The van der Waals surface area contributed by atoms with E-state index in [4.69, 9.17) is 0 Å². The van der Waals surface area contributed by atoms with Gasteiger partial charge >= 0.3 is 88.5 Å². The fourth-order valence-electron chi connectivity index (χ4n) is 1.07. The van der Waals surface area contributed by atoms with Gasteiger partial charge in [0.25, 0.3) is 0 Å². The van der Waals surface area contributed by atoms with E-state index in [1.165, 1.54) is 11.5 Å². The zero-order valence-electron chi connectivity index (χ0n) is 7.29. The van der Waals surface area contributed by atoms with Crippen molar-refractivity contribution in [2.75, 3.05) is 11.5 Å². The van der Waals surface area contributed by atoms with Gasteiger partial charge < -0.3 is 0 Å². The first-order chi connectivity index (χ1) is 5.67. The number of hydrogen-bond acceptors (Lipinski definition) is 2. The van der Waals surface area contributed by atoms with Gasteiger partial charge in [-0.25, -0.2) is 0 Å². The molecule has 2 rings (SSSR count). The maximum absolute atomic E-state index is 2.42. The molecule has 3 heteroatoms. The van der Waals surface area contributed by atoms with Gasteiger partial charge in [-0.15, -0.1) is 0 Å². The van der Waals surface area contributed by atoms with E-state index in [1.54, 1.807) is 9.79 Å². The maximum atomic E-state index is 2.42. The molecule has 12 heavy (non-hydrogen) atoms. The molecule has 0 saturated heterocycles. The Labute approximate surface area is 88.3 Å². The van der Waals surface area contributed by atoms with Crippen LogP contribution < -0.4 is 0 Å². The molecule has 0 atom stereocenters. The van der Waals surface area contributed by atoms with E-state index in [2.05, 4.69) is 23.7 Å². The van der Waals surface area contributed by atoms with Crippen LogP contribution >= 0.6 is 23.5 Å². The van der Waals surface area contributed by atoms with Crippen molar-refractivity contribution in [3.05, 3.63) is 9.88 Å². The molecule has 0 amide bonds. The summed E-state index contributed by atoms with van der Waals surface area (Å²) in [6, 6.07) is 0. The first kappa shape index (κ1) is 9.26. The molecule has 0 spiro atoms. The van der Waals surface area contributed by atoms with Crippen LogP contribution in [-0.2, 0) is 0 Å². The van der Waals surface area contributed by atoms with Crippen LogP contribution in [0.4, 0.5) is 0 Å². The second-order valence-corrected chi connectivity index (χ2v) is 7.44. The summed E-state index contributed by atoms with van der Waals surface area (Å²) in [6.45, 7) is 4.72. The van der Waals surface area contributed by atoms with Gasteiger partial charge in [-0.05, 0) is 0 Å². The molecule has 66 valence electrons. The molecule has 1 aliphatic rings. The van der Waals surface area contributed by atoms with Crippen LogP contribution in [0.1, 0.15) is 13.8 Å².